The molecule has 0 saturated carbocycles. The number of rotatable bonds is 4. The minimum atomic E-state index is 0.568. The fourth-order valence-corrected chi connectivity index (χ4v) is 2.16. The molecular weight excluding hydrogens is 214 g/mol. The number of hydrogen-bond donors (Lipinski definition) is 1. The number of hydrogen-bond acceptors (Lipinski definition) is 4. The fourth-order valence-electron chi connectivity index (χ4n) is 2.16. The van der Waals surface area contributed by atoms with Gasteiger partial charge < -0.3 is 10.1 Å². The zero-order valence-corrected chi connectivity index (χ0v) is 10.6. The highest BCUT2D eigenvalue weighted by Crippen LogP contribution is 2.10. The smallest absolute Gasteiger partial charge is 0.213 e. The zero-order chi connectivity index (χ0) is 12.1. The molecule has 0 amide bonds. The molecule has 1 aliphatic rings. The second-order valence-corrected chi connectivity index (χ2v) is 4.49. The van der Waals surface area contributed by atoms with Crippen molar-refractivity contribution in [1.82, 2.24) is 15.2 Å². The maximum atomic E-state index is 5.41. The number of pyridine rings is 1. The van der Waals surface area contributed by atoms with Crippen LogP contribution in [-0.2, 0) is 6.54 Å². The van der Waals surface area contributed by atoms with Crippen molar-refractivity contribution in [2.75, 3.05) is 26.2 Å². The topological polar surface area (TPSA) is 37.4 Å². The zero-order valence-electron chi connectivity index (χ0n) is 10.6. The van der Waals surface area contributed by atoms with Crippen molar-refractivity contribution < 1.29 is 4.74 Å². The highest BCUT2D eigenvalue weighted by atomic mass is 16.5. The third kappa shape index (κ3) is 3.68. The number of ether oxygens (including phenoxy) is 1. The van der Waals surface area contributed by atoms with Gasteiger partial charge in [0.1, 0.15) is 0 Å². The second-order valence-electron chi connectivity index (χ2n) is 4.49. The Labute approximate surface area is 103 Å². The second kappa shape index (κ2) is 5.98. The van der Waals surface area contributed by atoms with Gasteiger partial charge in [-0.05, 0) is 19.9 Å². The van der Waals surface area contributed by atoms with Gasteiger partial charge >= 0.3 is 0 Å². The van der Waals surface area contributed by atoms with Crippen LogP contribution in [0.1, 0.15) is 19.5 Å². The molecule has 1 atom stereocenters. The van der Waals surface area contributed by atoms with Crippen molar-refractivity contribution >= 4 is 0 Å². The van der Waals surface area contributed by atoms with E-state index >= 15 is 0 Å². The van der Waals surface area contributed by atoms with Crippen LogP contribution in [0.3, 0.4) is 0 Å². The van der Waals surface area contributed by atoms with Gasteiger partial charge in [-0.15, -0.1) is 0 Å². The van der Waals surface area contributed by atoms with Crippen LogP contribution in [0.15, 0.2) is 18.2 Å². The van der Waals surface area contributed by atoms with Crippen LogP contribution in [0.25, 0.3) is 0 Å². The van der Waals surface area contributed by atoms with E-state index < -0.39 is 0 Å². The average Bonchev–Trinajstić information content (AvgIpc) is 2.30. The van der Waals surface area contributed by atoms with Crippen molar-refractivity contribution in [1.29, 1.82) is 0 Å². The van der Waals surface area contributed by atoms with Crippen molar-refractivity contribution in [2.24, 2.45) is 0 Å². The molecule has 2 heterocycles. The van der Waals surface area contributed by atoms with Crippen LogP contribution >= 0.6 is 0 Å². The molecule has 0 spiro atoms. The summed E-state index contributed by atoms with van der Waals surface area (Å²) in [5, 5.41) is 3.44. The molecule has 0 aliphatic carbocycles. The fraction of sp³-hybridized carbons (Fsp3) is 0.615. The average molecular weight is 235 g/mol. The van der Waals surface area contributed by atoms with Crippen LogP contribution in [0.4, 0.5) is 0 Å². The van der Waals surface area contributed by atoms with Gasteiger partial charge in [-0.25, -0.2) is 4.98 Å². The van der Waals surface area contributed by atoms with Crippen LogP contribution in [0.2, 0.25) is 0 Å². The Morgan fingerprint density at radius 3 is 3.18 bits per heavy atom. The van der Waals surface area contributed by atoms with E-state index in [2.05, 4.69) is 28.2 Å². The summed E-state index contributed by atoms with van der Waals surface area (Å²) in [7, 11) is 0. The first-order valence-corrected chi connectivity index (χ1v) is 6.32. The molecule has 1 aromatic heterocycles. The Morgan fingerprint density at radius 2 is 2.41 bits per heavy atom. The van der Waals surface area contributed by atoms with Gasteiger partial charge in [-0.1, -0.05) is 6.07 Å². The van der Waals surface area contributed by atoms with Crippen LogP contribution in [0.5, 0.6) is 5.88 Å². The highest BCUT2D eigenvalue weighted by molar-refractivity contribution is 5.15. The molecule has 1 N–H and O–H groups in total. The Hall–Kier alpha value is -1.13. The molecule has 1 aliphatic heterocycles. The summed E-state index contributed by atoms with van der Waals surface area (Å²) < 4.78 is 5.41. The third-order valence-corrected chi connectivity index (χ3v) is 2.91. The lowest BCUT2D eigenvalue weighted by atomic mass is 10.2. The molecule has 1 fully saturated rings. The molecule has 1 aromatic rings. The summed E-state index contributed by atoms with van der Waals surface area (Å²) in [5.74, 6) is 0.730. The van der Waals surface area contributed by atoms with Crippen LogP contribution in [-0.4, -0.2) is 42.2 Å². The third-order valence-electron chi connectivity index (χ3n) is 2.91. The van der Waals surface area contributed by atoms with Crippen LogP contribution in [0, 0.1) is 0 Å². The summed E-state index contributed by atoms with van der Waals surface area (Å²) in [6.45, 7) is 9.01. The predicted octanol–water partition coefficient (Wildman–Crippen LogP) is 1.27. The van der Waals surface area contributed by atoms with E-state index in [-0.39, 0.29) is 0 Å². The van der Waals surface area contributed by atoms with Gasteiger partial charge in [-0.2, -0.15) is 0 Å². The first kappa shape index (κ1) is 12.3. The number of piperazine rings is 1. The molecule has 0 radical (unpaired) electrons. The maximum absolute atomic E-state index is 5.41. The molecule has 0 unspecified atom stereocenters. The number of nitrogens with one attached hydrogen (secondary N) is 1. The van der Waals surface area contributed by atoms with Gasteiger partial charge in [0.05, 0.1) is 12.3 Å². The summed E-state index contributed by atoms with van der Waals surface area (Å²) >= 11 is 0. The molecule has 94 valence electrons. The summed E-state index contributed by atoms with van der Waals surface area (Å²) in [5.41, 5.74) is 1.09. The quantitative estimate of drug-likeness (QED) is 0.853. The first-order valence-electron chi connectivity index (χ1n) is 6.32. The maximum Gasteiger partial charge on any atom is 0.213 e. The molecule has 1 saturated heterocycles. The van der Waals surface area contributed by atoms with E-state index in [1.165, 1.54) is 0 Å². The normalized spacial score (nSPS) is 21.4. The number of aromatic nitrogens is 1. The molecule has 2 rings (SSSR count). The van der Waals surface area contributed by atoms with Crippen molar-refractivity contribution in [3.63, 3.8) is 0 Å². The van der Waals surface area contributed by atoms with E-state index in [1.54, 1.807) is 0 Å². The predicted molar refractivity (Wildman–Crippen MR) is 68.1 cm³/mol. The Bertz CT molecular complexity index is 356. The van der Waals surface area contributed by atoms with E-state index in [9.17, 15) is 0 Å². The van der Waals surface area contributed by atoms with Crippen molar-refractivity contribution in [2.45, 2.75) is 26.4 Å². The SMILES string of the molecule is CCOc1cccc(CN2CCN[C@@H](C)C2)n1. The van der Waals surface area contributed by atoms with Gasteiger partial charge in [0.25, 0.3) is 0 Å². The van der Waals surface area contributed by atoms with E-state index in [0.29, 0.717) is 12.6 Å². The Balaban J connectivity index is 1.95. The lowest BCUT2D eigenvalue weighted by Crippen LogP contribution is -2.48. The summed E-state index contributed by atoms with van der Waals surface area (Å²) in [4.78, 5) is 6.93. The van der Waals surface area contributed by atoms with E-state index in [1.807, 2.05) is 19.1 Å². The van der Waals surface area contributed by atoms with Gasteiger partial charge in [0.2, 0.25) is 5.88 Å². The molecular formula is C13H21N3O. The highest BCUT2D eigenvalue weighted by Gasteiger charge is 2.15. The lowest BCUT2D eigenvalue weighted by Gasteiger charge is -2.31. The standard InChI is InChI=1S/C13H21N3O/c1-3-17-13-6-4-5-12(15-13)10-16-8-7-14-11(2)9-16/h4-6,11,14H,3,7-10H2,1-2H3/t11-/m0/s1. The number of nitrogens with zero attached hydrogens (tertiary/aromatic N) is 2. The summed E-state index contributed by atoms with van der Waals surface area (Å²) in [6.07, 6.45) is 0. The lowest BCUT2D eigenvalue weighted by molar-refractivity contribution is 0.197. The van der Waals surface area contributed by atoms with E-state index in [0.717, 1.165) is 37.8 Å². The molecule has 0 aromatic carbocycles. The summed E-state index contributed by atoms with van der Waals surface area (Å²) in [6, 6.07) is 6.56. The molecule has 4 nitrogen and oxygen atoms in total. The van der Waals surface area contributed by atoms with Crippen molar-refractivity contribution in [3.8, 4) is 5.88 Å². The molecule has 4 heteroatoms. The Kier molecular flexibility index (Phi) is 4.34. The van der Waals surface area contributed by atoms with Crippen molar-refractivity contribution in [3.05, 3.63) is 23.9 Å². The van der Waals surface area contributed by atoms with Crippen LogP contribution < -0.4 is 10.1 Å². The minimum absolute atomic E-state index is 0.568. The molecule has 17 heavy (non-hydrogen) atoms. The van der Waals surface area contributed by atoms with Gasteiger partial charge in [0.15, 0.2) is 0 Å². The van der Waals surface area contributed by atoms with E-state index in [4.69, 9.17) is 4.74 Å². The molecule has 0 bridgehead atoms. The monoisotopic (exact) mass is 235 g/mol. The van der Waals surface area contributed by atoms with Gasteiger partial charge in [0, 0.05) is 38.3 Å². The first-order chi connectivity index (χ1) is 8.28. The largest absolute Gasteiger partial charge is 0.478 e. The minimum Gasteiger partial charge on any atom is -0.478 e. The Morgan fingerprint density at radius 1 is 1.53 bits per heavy atom. The van der Waals surface area contributed by atoms with Gasteiger partial charge in [-0.3, -0.25) is 4.90 Å².